The van der Waals surface area contributed by atoms with Gasteiger partial charge in [0.25, 0.3) is 0 Å². The predicted molar refractivity (Wildman–Crippen MR) is 88.1 cm³/mol. The van der Waals surface area contributed by atoms with Crippen LogP contribution in [0.15, 0.2) is 0 Å². The molecule has 2 fully saturated rings. The largest absolute Gasteiger partial charge is 0.309 e. The number of rotatable bonds is 6. The van der Waals surface area contributed by atoms with Crippen LogP contribution < -0.4 is 5.32 Å². The molecule has 2 aliphatic rings. The van der Waals surface area contributed by atoms with Crippen molar-refractivity contribution < 1.29 is 0 Å². The predicted octanol–water partition coefficient (Wildman–Crippen LogP) is 4.06. The van der Waals surface area contributed by atoms with E-state index >= 15 is 0 Å². The zero-order valence-corrected chi connectivity index (χ0v) is 14.3. The highest BCUT2D eigenvalue weighted by molar-refractivity contribution is 4.95. The first-order chi connectivity index (χ1) is 9.54. The molecule has 1 heterocycles. The summed E-state index contributed by atoms with van der Waals surface area (Å²) < 4.78 is 0. The number of nitrogens with one attached hydrogen (secondary N) is 1. The van der Waals surface area contributed by atoms with E-state index in [-0.39, 0.29) is 0 Å². The van der Waals surface area contributed by atoms with Crippen LogP contribution in [0.5, 0.6) is 0 Å². The highest BCUT2D eigenvalue weighted by atomic mass is 15.3. The molecular weight excluding hydrogens is 244 g/mol. The van der Waals surface area contributed by atoms with E-state index < -0.39 is 0 Å². The molecule has 2 nitrogen and oxygen atoms in total. The Morgan fingerprint density at radius 3 is 2.55 bits per heavy atom. The van der Waals surface area contributed by atoms with Gasteiger partial charge in [-0.15, -0.1) is 0 Å². The minimum Gasteiger partial charge on any atom is -0.309 e. The molecule has 1 aliphatic carbocycles. The molecule has 118 valence electrons. The Morgan fingerprint density at radius 2 is 1.95 bits per heavy atom. The van der Waals surface area contributed by atoms with E-state index in [9.17, 15) is 0 Å². The molecule has 0 spiro atoms. The molecule has 0 aromatic rings. The van der Waals surface area contributed by atoms with Crippen LogP contribution in [-0.4, -0.2) is 36.1 Å². The first-order valence-electron chi connectivity index (χ1n) is 9.03. The van der Waals surface area contributed by atoms with Crippen LogP contribution in [0.4, 0.5) is 0 Å². The monoisotopic (exact) mass is 280 g/mol. The van der Waals surface area contributed by atoms with Crippen LogP contribution >= 0.6 is 0 Å². The van der Waals surface area contributed by atoms with Gasteiger partial charge in [-0.05, 0) is 44.6 Å². The molecule has 0 bridgehead atoms. The summed E-state index contributed by atoms with van der Waals surface area (Å²) in [5, 5.41) is 3.80. The normalized spacial score (nSPS) is 33.1. The fourth-order valence-corrected chi connectivity index (χ4v) is 4.12. The SMILES string of the molecule is CCC1(C)CN(CCCC2CCCC2)C(C(C)C)CN1. The lowest BCUT2D eigenvalue weighted by molar-refractivity contribution is 0.0580. The molecule has 1 saturated heterocycles. The summed E-state index contributed by atoms with van der Waals surface area (Å²) in [4.78, 5) is 2.79. The lowest BCUT2D eigenvalue weighted by atomic mass is 9.89. The summed E-state index contributed by atoms with van der Waals surface area (Å²) in [6, 6.07) is 0.734. The second-order valence-corrected chi connectivity index (χ2v) is 7.87. The molecule has 0 aromatic heterocycles. The quantitative estimate of drug-likeness (QED) is 0.789. The highest BCUT2D eigenvalue weighted by Gasteiger charge is 2.35. The second-order valence-electron chi connectivity index (χ2n) is 7.87. The maximum Gasteiger partial charge on any atom is 0.0278 e. The van der Waals surface area contributed by atoms with Crippen LogP contribution in [0.3, 0.4) is 0 Å². The molecule has 1 saturated carbocycles. The summed E-state index contributed by atoms with van der Waals surface area (Å²) in [5.41, 5.74) is 0.332. The van der Waals surface area contributed by atoms with E-state index in [2.05, 4.69) is 37.9 Å². The number of hydrogen-bond donors (Lipinski definition) is 1. The highest BCUT2D eigenvalue weighted by Crippen LogP contribution is 2.29. The maximum absolute atomic E-state index is 3.80. The summed E-state index contributed by atoms with van der Waals surface area (Å²) in [7, 11) is 0. The average molecular weight is 280 g/mol. The van der Waals surface area contributed by atoms with Gasteiger partial charge in [0.2, 0.25) is 0 Å². The van der Waals surface area contributed by atoms with Gasteiger partial charge in [0, 0.05) is 24.7 Å². The summed E-state index contributed by atoms with van der Waals surface area (Å²) in [6.45, 7) is 13.2. The Bertz CT molecular complexity index is 283. The summed E-state index contributed by atoms with van der Waals surface area (Å²) >= 11 is 0. The molecule has 2 unspecified atom stereocenters. The van der Waals surface area contributed by atoms with Crippen LogP contribution in [0.2, 0.25) is 0 Å². The Labute approximate surface area is 126 Å². The van der Waals surface area contributed by atoms with Crippen molar-refractivity contribution in [3.63, 3.8) is 0 Å². The zero-order chi connectivity index (χ0) is 14.6. The third kappa shape index (κ3) is 4.21. The van der Waals surface area contributed by atoms with Gasteiger partial charge in [0.15, 0.2) is 0 Å². The van der Waals surface area contributed by atoms with Crippen molar-refractivity contribution in [2.24, 2.45) is 11.8 Å². The van der Waals surface area contributed by atoms with Crippen molar-refractivity contribution in [3.05, 3.63) is 0 Å². The average Bonchev–Trinajstić information content (AvgIpc) is 2.92. The van der Waals surface area contributed by atoms with Gasteiger partial charge in [-0.3, -0.25) is 4.90 Å². The molecule has 1 N–H and O–H groups in total. The number of piperazine rings is 1. The topological polar surface area (TPSA) is 15.3 Å². The fraction of sp³-hybridized carbons (Fsp3) is 1.00. The first-order valence-corrected chi connectivity index (χ1v) is 9.03. The van der Waals surface area contributed by atoms with Crippen molar-refractivity contribution in [1.82, 2.24) is 10.2 Å². The van der Waals surface area contributed by atoms with Crippen LogP contribution in [0.1, 0.15) is 72.6 Å². The third-order valence-corrected chi connectivity index (χ3v) is 5.84. The van der Waals surface area contributed by atoms with Crippen molar-refractivity contribution in [2.75, 3.05) is 19.6 Å². The first kappa shape index (κ1) is 16.3. The molecule has 2 heteroatoms. The van der Waals surface area contributed by atoms with Gasteiger partial charge in [-0.1, -0.05) is 46.5 Å². The summed E-state index contributed by atoms with van der Waals surface area (Å²) in [5.74, 6) is 1.81. The van der Waals surface area contributed by atoms with Crippen molar-refractivity contribution in [2.45, 2.75) is 84.2 Å². The summed E-state index contributed by atoms with van der Waals surface area (Å²) in [6.07, 6.45) is 10.1. The lowest BCUT2D eigenvalue weighted by Gasteiger charge is -2.47. The fourth-order valence-electron chi connectivity index (χ4n) is 4.12. The molecule has 2 rings (SSSR count). The standard InChI is InChI=1S/C18H36N2/c1-5-18(4)14-20(17(13-19-18)15(2)3)12-8-11-16-9-6-7-10-16/h15-17,19H,5-14H2,1-4H3. The van der Waals surface area contributed by atoms with Crippen LogP contribution in [0.25, 0.3) is 0 Å². The maximum atomic E-state index is 3.80. The van der Waals surface area contributed by atoms with Gasteiger partial charge < -0.3 is 5.32 Å². The lowest BCUT2D eigenvalue weighted by Crippen LogP contribution is -2.64. The van der Waals surface area contributed by atoms with Gasteiger partial charge in [0.05, 0.1) is 0 Å². The van der Waals surface area contributed by atoms with E-state index in [1.54, 1.807) is 0 Å². The van der Waals surface area contributed by atoms with E-state index in [0.29, 0.717) is 5.54 Å². The van der Waals surface area contributed by atoms with Crippen molar-refractivity contribution in [3.8, 4) is 0 Å². The molecule has 0 amide bonds. The molecular formula is C18H36N2. The molecule has 20 heavy (non-hydrogen) atoms. The third-order valence-electron chi connectivity index (χ3n) is 5.84. The Morgan fingerprint density at radius 1 is 1.25 bits per heavy atom. The van der Waals surface area contributed by atoms with E-state index in [0.717, 1.165) is 17.9 Å². The van der Waals surface area contributed by atoms with Gasteiger partial charge in [0.1, 0.15) is 0 Å². The minimum absolute atomic E-state index is 0.332. The van der Waals surface area contributed by atoms with Crippen LogP contribution in [-0.2, 0) is 0 Å². The van der Waals surface area contributed by atoms with E-state index in [1.807, 2.05) is 0 Å². The molecule has 0 radical (unpaired) electrons. The smallest absolute Gasteiger partial charge is 0.0278 e. The Hall–Kier alpha value is -0.0800. The van der Waals surface area contributed by atoms with Crippen molar-refractivity contribution >= 4 is 0 Å². The van der Waals surface area contributed by atoms with Gasteiger partial charge >= 0.3 is 0 Å². The van der Waals surface area contributed by atoms with E-state index in [4.69, 9.17) is 0 Å². The molecule has 1 aliphatic heterocycles. The van der Waals surface area contributed by atoms with Crippen LogP contribution in [0, 0.1) is 11.8 Å². The molecule has 2 atom stereocenters. The number of nitrogens with zero attached hydrogens (tertiary/aromatic N) is 1. The minimum atomic E-state index is 0.332. The number of hydrogen-bond acceptors (Lipinski definition) is 2. The molecule has 0 aromatic carbocycles. The van der Waals surface area contributed by atoms with E-state index in [1.165, 1.54) is 64.6 Å². The van der Waals surface area contributed by atoms with Gasteiger partial charge in [-0.25, -0.2) is 0 Å². The van der Waals surface area contributed by atoms with Gasteiger partial charge in [-0.2, -0.15) is 0 Å². The Kier molecular flexibility index (Phi) is 5.92. The zero-order valence-electron chi connectivity index (χ0n) is 14.3. The second kappa shape index (κ2) is 7.26. The Balaban J connectivity index is 1.83. The van der Waals surface area contributed by atoms with Crippen molar-refractivity contribution in [1.29, 1.82) is 0 Å².